The van der Waals surface area contributed by atoms with Gasteiger partial charge in [0.05, 0.1) is 23.0 Å². The molecule has 0 bridgehead atoms. The van der Waals surface area contributed by atoms with Gasteiger partial charge >= 0.3 is 0 Å². The Kier molecular flexibility index (Phi) is 6.64. The minimum absolute atomic E-state index is 0.189. The lowest BCUT2D eigenvalue weighted by atomic mass is 10.1. The van der Waals surface area contributed by atoms with Gasteiger partial charge in [0.2, 0.25) is 0 Å². The molecule has 0 aliphatic rings. The molecule has 156 valence electrons. The number of para-hydroxylation sites is 3. The summed E-state index contributed by atoms with van der Waals surface area (Å²) in [6, 6.07) is 25.3. The van der Waals surface area contributed by atoms with Crippen molar-refractivity contribution in [2.45, 2.75) is 11.8 Å². The Morgan fingerprint density at radius 2 is 1.81 bits per heavy atom. The molecule has 7 heteroatoms. The van der Waals surface area contributed by atoms with Gasteiger partial charge in [-0.15, -0.1) is 0 Å². The van der Waals surface area contributed by atoms with E-state index in [0.717, 1.165) is 33.1 Å². The largest absolute Gasteiger partial charge is 0.489 e. The fraction of sp³-hybridized carbons (Fsp3) is 0.125. The Balaban J connectivity index is 1.32. The van der Waals surface area contributed by atoms with Crippen molar-refractivity contribution < 1.29 is 9.53 Å². The molecule has 0 spiro atoms. The van der Waals surface area contributed by atoms with Crippen LogP contribution in [0.5, 0.6) is 5.75 Å². The highest BCUT2D eigenvalue weighted by Crippen LogP contribution is 2.22. The Morgan fingerprint density at radius 3 is 2.65 bits per heavy atom. The van der Waals surface area contributed by atoms with Crippen LogP contribution in [0.1, 0.15) is 11.1 Å². The zero-order valence-electron chi connectivity index (χ0n) is 17.1. The molecule has 0 unspecified atom stereocenters. The summed E-state index contributed by atoms with van der Waals surface area (Å²) < 4.78 is 7.81. The first-order chi connectivity index (χ1) is 15.2. The number of imidazole rings is 1. The van der Waals surface area contributed by atoms with E-state index in [0.29, 0.717) is 6.61 Å². The first kappa shape index (κ1) is 20.7. The van der Waals surface area contributed by atoms with Crippen molar-refractivity contribution in [1.29, 1.82) is 0 Å². The molecule has 3 aromatic carbocycles. The quantitative estimate of drug-likeness (QED) is 0.256. The van der Waals surface area contributed by atoms with E-state index in [2.05, 4.69) is 15.5 Å². The molecule has 4 aromatic rings. The van der Waals surface area contributed by atoms with Crippen molar-refractivity contribution in [1.82, 2.24) is 15.0 Å². The highest BCUT2D eigenvalue weighted by atomic mass is 32.2. The second-order valence-corrected chi connectivity index (χ2v) is 7.77. The van der Waals surface area contributed by atoms with Gasteiger partial charge in [-0.25, -0.2) is 10.4 Å². The van der Waals surface area contributed by atoms with Crippen LogP contribution >= 0.6 is 11.8 Å². The summed E-state index contributed by atoms with van der Waals surface area (Å²) in [5, 5.41) is 4.91. The zero-order chi connectivity index (χ0) is 21.5. The van der Waals surface area contributed by atoms with Crippen LogP contribution in [0, 0.1) is 0 Å². The molecule has 0 aliphatic heterocycles. The lowest BCUT2D eigenvalue weighted by Crippen LogP contribution is -2.20. The van der Waals surface area contributed by atoms with Gasteiger partial charge in [0, 0.05) is 12.6 Å². The van der Waals surface area contributed by atoms with Crippen molar-refractivity contribution in [3.05, 3.63) is 90.0 Å². The number of carbonyl (C=O) groups excluding carboxylic acids is 1. The minimum atomic E-state index is -0.189. The number of aryl methyl sites for hydroxylation is 1. The lowest BCUT2D eigenvalue weighted by molar-refractivity contribution is -0.118. The number of rotatable bonds is 8. The normalized spacial score (nSPS) is 11.1. The van der Waals surface area contributed by atoms with Gasteiger partial charge in [0.1, 0.15) is 12.4 Å². The fourth-order valence-corrected chi connectivity index (χ4v) is 3.84. The van der Waals surface area contributed by atoms with Crippen LogP contribution in [-0.2, 0) is 18.4 Å². The van der Waals surface area contributed by atoms with Crippen molar-refractivity contribution in [2.24, 2.45) is 12.1 Å². The monoisotopic (exact) mass is 430 g/mol. The molecule has 4 rings (SSSR count). The van der Waals surface area contributed by atoms with E-state index in [1.54, 1.807) is 6.21 Å². The Morgan fingerprint density at radius 1 is 1.06 bits per heavy atom. The van der Waals surface area contributed by atoms with Crippen LogP contribution < -0.4 is 10.2 Å². The number of hydrogen-bond donors (Lipinski definition) is 1. The predicted molar refractivity (Wildman–Crippen MR) is 124 cm³/mol. The van der Waals surface area contributed by atoms with Crippen LogP contribution in [0.3, 0.4) is 0 Å². The number of benzene rings is 3. The van der Waals surface area contributed by atoms with E-state index in [1.807, 2.05) is 90.5 Å². The topological polar surface area (TPSA) is 68.5 Å². The van der Waals surface area contributed by atoms with Crippen LogP contribution in [0.4, 0.5) is 0 Å². The van der Waals surface area contributed by atoms with E-state index >= 15 is 0 Å². The van der Waals surface area contributed by atoms with Gasteiger partial charge in [0.25, 0.3) is 5.91 Å². The third kappa shape index (κ3) is 5.32. The van der Waals surface area contributed by atoms with E-state index in [4.69, 9.17) is 4.74 Å². The lowest BCUT2D eigenvalue weighted by Gasteiger charge is -2.08. The first-order valence-electron chi connectivity index (χ1n) is 9.82. The standard InChI is InChI=1S/C24H22N4O2S/c1-28-22-14-8-7-13-21(22)26-24(28)31-17-23(29)27-25-15-18-9-5-6-10-19(18)16-30-20-11-3-2-4-12-20/h2-15H,16-17H2,1H3,(H,27,29)/b25-15-. The molecule has 6 nitrogen and oxygen atoms in total. The maximum Gasteiger partial charge on any atom is 0.250 e. The molecule has 31 heavy (non-hydrogen) atoms. The fourth-order valence-electron chi connectivity index (χ4n) is 3.06. The van der Waals surface area contributed by atoms with Crippen molar-refractivity contribution in [3.63, 3.8) is 0 Å². The smallest absolute Gasteiger partial charge is 0.250 e. The number of fused-ring (bicyclic) bond motifs is 1. The van der Waals surface area contributed by atoms with Crippen molar-refractivity contribution in [3.8, 4) is 5.75 Å². The van der Waals surface area contributed by atoms with Crippen LogP contribution in [0.15, 0.2) is 89.1 Å². The number of thioether (sulfide) groups is 1. The molecule has 0 radical (unpaired) electrons. The number of nitrogens with zero attached hydrogens (tertiary/aromatic N) is 3. The number of ether oxygens (including phenoxy) is 1. The molecule has 0 atom stereocenters. The first-order valence-corrected chi connectivity index (χ1v) is 10.8. The van der Waals surface area contributed by atoms with Crippen LogP contribution in [0.25, 0.3) is 11.0 Å². The van der Waals surface area contributed by atoms with Gasteiger partial charge < -0.3 is 9.30 Å². The highest BCUT2D eigenvalue weighted by molar-refractivity contribution is 7.99. The van der Waals surface area contributed by atoms with Crippen LogP contribution in [-0.4, -0.2) is 27.4 Å². The number of hydrogen-bond acceptors (Lipinski definition) is 5. The minimum Gasteiger partial charge on any atom is -0.489 e. The third-order valence-corrected chi connectivity index (χ3v) is 5.69. The molecule has 1 heterocycles. The van der Waals surface area contributed by atoms with Gasteiger partial charge in [-0.1, -0.05) is 66.4 Å². The molecule has 0 fully saturated rings. The van der Waals surface area contributed by atoms with E-state index < -0.39 is 0 Å². The van der Waals surface area contributed by atoms with Crippen LogP contribution in [0.2, 0.25) is 0 Å². The van der Waals surface area contributed by atoms with Gasteiger partial charge in [-0.2, -0.15) is 5.10 Å². The summed E-state index contributed by atoms with van der Waals surface area (Å²) in [5.41, 5.74) is 6.42. The summed E-state index contributed by atoms with van der Waals surface area (Å²) in [6.45, 7) is 0.419. The Bertz CT molecular complexity index is 1200. The molecule has 0 aliphatic carbocycles. The zero-order valence-corrected chi connectivity index (χ0v) is 17.9. The highest BCUT2D eigenvalue weighted by Gasteiger charge is 2.10. The van der Waals surface area contributed by atoms with E-state index in [9.17, 15) is 4.79 Å². The summed E-state index contributed by atoms with van der Waals surface area (Å²) >= 11 is 1.38. The summed E-state index contributed by atoms with van der Waals surface area (Å²) in [4.78, 5) is 16.8. The Hall–Kier alpha value is -3.58. The number of aromatic nitrogens is 2. The summed E-state index contributed by atoms with van der Waals surface area (Å²) in [6.07, 6.45) is 1.64. The van der Waals surface area contributed by atoms with Gasteiger partial charge in [-0.3, -0.25) is 4.79 Å². The molecule has 1 aromatic heterocycles. The van der Waals surface area contributed by atoms with Crippen molar-refractivity contribution in [2.75, 3.05) is 5.75 Å². The third-order valence-electron chi connectivity index (χ3n) is 4.66. The molecule has 0 saturated carbocycles. The molecular weight excluding hydrogens is 408 g/mol. The Labute approximate surface area is 185 Å². The molecule has 0 saturated heterocycles. The number of amides is 1. The predicted octanol–water partition coefficient (Wildman–Crippen LogP) is 4.39. The molecule has 1 N–H and O–H groups in total. The summed E-state index contributed by atoms with van der Waals surface area (Å²) in [5.74, 6) is 0.848. The average Bonchev–Trinajstić information content (AvgIpc) is 3.13. The average molecular weight is 431 g/mol. The summed E-state index contributed by atoms with van der Waals surface area (Å²) in [7, 11) is 1.95. The second-order valence-electron chi connectivity index (χ2n) is 6.82. The number of hydrazone groups is 1. The van der Waals surface area contributed by atoms with Gasteiger partial charge in [-0.05, 0) is 29.8 Å². The van der Waals surface area contributed by atoms with Gasteiger partial charge in [0.15, 0.2) is 5.16 Å². The number of carbonyl (C=O) groups is 1. The maximum atomic E-state index is 12.2. The SMILES string of the molecule is Cn1c(SCC(=O)N/N=C\c2ccccc2COc2ccccc2)nc2ccccc21. The van der Waals surface area contributed by atoms with E-state index in [-0.39, 0.29) is 11.7 Å². The van der Waals surface area contributed by atoms with Crippen molar-refractivity contribution >= 4 is 34.9 Å². The second kappa shape index (κ2) is 9.95. The molecular formula is C24H22N4O2S. The van der Waals surface area contributed by atoms with E-state index in [1.165, 1.54) is 11.8 Å². The number of nitrogens with one attached hydrogen (secondary N) is 1. The molecule has 1 amide bonds. The maximum absolute atomic E-state index is 12.2.